The molecule has 80 valence electrons. The van der Waals surface area contributed by atoms with Gasteiger partial charge in [-0.25, -0.2) is 9.98 Å². The molecule has 0 aromatic carbocycles. The molecule has 0 saturated carbocycles. The zero-order valence-electron chi connectivity index (χ0n) is 8.66. The predicted molar refractivity (Wildman–Crippen MR) is 65.4 cm³/mol. The summed E-state index contributed by atoms with van der Waals surface area (Å²) in [5.41, 5.74) is 1.26. The van der Waals surface area contributed by atoms with Crippen molar-refractivity contribution in [3.05, 3.63) is 29.0 Å². The lowest BCUT2D eigenvalue weighted by molar-refractivity contribution is -0.444. The normalized spacial score (nSPS) is 20.4. The Kier molecular flexibility index (Phi) is 3.65. The summed E-state index contributed by atoms with van der Waals surface area (Å²) in [7, 11) is 0. The number of thioether (sulfide) groups is 1. The second-order valence-electron chi connectivity index (χ2n) is 3.67. The van der Waals surface area contributed by atoms with Crippen molar-refractivity contribution >= 4 is 28.4 Å². The summed E-state index contributed by atoms with van der Waals surface area (Å²) in [6.07, 6.45) is 6.28. The molecule has 1 atom stereocenters. The topological polar surface area (TPSA) is 26.9 Å². The molecule has 0 saturated heterocycles. The molecule has 0 spiro atoms. The molecule has 15 heavy (non-hydrogen) atoms. The third kappa shape index (κ3) is 2.73. The first-order chi connectivity index (χ1) is 7.29. The van der Waals surface area contributed by atoms with Crippen LogP contribution in [0.5, 0.6) is 0 Å². The van der Waals surface area contributed by atoms with Crippen molar-refractivity contribution in [3.63, 3.8) is 0 Å². The van der Waals surface area contributed by atoms with Gasteiger partial charge < -0.3 is 0 Å². The first-order valence-electron chi connectivity index (χ1n) is 5.04. The molecule has 1 aliphatic rings. The van der Waals surface area contributed by atoms with Crippen LogP contribution < -0.4 is 4.99 Å². The van der Waals surface area contributed by atoms with Crippen LogP contribution in [-0.4, -0.2) is 22.8 Å². The Hall–Kier alpha value is -0.540. The van der Waals surface area contributed by atoms with Crippen LogP contribution in [0.15, 0.2) is 18.3 Å². The lowest BCUT2D eigenvalue weighted by Gasteiger charge is -2.06. The highest BCUT2D eigenvalue weighted by molar-refractivity contribution is 8.13. The zero-order valence-corrected chi connectivity index (χ0v) is 10.2. The van der Waals surface area contributed by atoms with Crippen LogP contribution in [0, 0.1) is 5.92 Å². The molecule has 2 heterocycles. The largest absolute Gasteiger partial charge is 0.244 e. The number of hydrogen-bond donors (Lipinski definition) is 1. The second kappa shape index (κ2) is 4.99. The quantitative estimate of drug-likeness (QED) is 0.787. The smallest absolute Gasteiger partial charge is 0.212 e. The fraction of sp³-hybridized carbons (Fsp3) is 0.455. The van der Waals surface area contributed by atoms with E-state index in [2.05, 4.69) is 22.3 Å². The number of nitrogens with zero attached hydrogens (tertiary/aromatic N) is 1. The molecule has 0 radical (unpaired) electrons. The fourth-order valence-electron chi connectivity index (χ4n) is 1.89. The average molecular weight is 242 g/mol. The zero-order chi connectivity index (χ0) is 10.7. The van der Waals surface area contributed by atoms with Gasteiger partial charge in [-0.05, 0) is 24.3 Å². The first kappa shape index (κ1) is 11.0. The second-order valence-corrected chi connectivity index (χ2v) is 4.91. The Morgan fingerprint density at radius 1 is 1.60 bits per heavy atom. The van der Waals surface area contributed by atoms with Crippen LogP contribution in [0.25, 0.3) is 0 Å². The van der Waals surface area contributed by atoms with Crippen LogP contribution in [0.2, 0.25) is 5.15 Å². The average Bonchev–Trinajstić information content (AvgIpc) is 2.69. The van der Waals surface area contributed by atoms with Gasteiger partial charge >= 0.3 is 0 Å². The van der Waals surface area contributed by atoms with Crippen molar-refractivity contribution < 1.29 is 4.99 Å². The lowest BCUT2D eigenvalue weighted by atomic mass is 10.0. The molecule has 1 aliphatic heterocycles. The Balaban J connectivity index is 2.03. The van der Waals surface area contributed by atoms with Crippen molar-refractivity contribution in [3.8, 4) is 0 Å². The molecule has 1 unspecified atom stereocenters. The minimum Gasteiger partial charge on any atom is -0.244 e. The van der Waals surface area contributed by atoms with E-state index in [1.165, 1.54) is 17.0 Å². The van der Waals surface area contributed by atoms with Crippen LogP contribution in [0.3, 0.4) is 0 Å². The van der Waals surface area contributed by atoms with Crippen LogP contribution >= 0.6 is 23.4 Å². The first-order valence-corrected chi connectivity index (χ1v) is 6.65. The molecule has 0 amide bonds. The van der Waals surface area contributed by atoms with Crippen molar-refractivity contribution in [1.29, 1.82) is 0 Å². The van der Waals surface area contributed by atoms with Crippen LogP contribution in [0.1, 0.15) is 12.0 Å². The van der Waals surface area contributed by atoms with Gasteiger partial charge in [0, 0.05) is 12.6 Å². The predicted octanol–water partition coefficient (Wildman–Crippen LogP) is 1.14. The highest BCUT2D eigenvalue weighted by atomic mass is 35.5. The summed E-state index contributed by atoms with van der Waals surface area (Å²) in [6.45, 7) is 1.10. The van der Waals surface area contributed by atoms with Crippen LogP contribution in [-0.2, 0) is 6.42 Å². The van der Waals surface area contributed by atoms with E-state index in [1.54, 1.807) is 0 Å². The van der Waals surface area contributed by atoms with E-state index in [4.69, 9.17) is 11.6 Å². The molecule has 0 bridgehead atoms. The fourth-order valence-corrected chi connectivity index (χ4v) is 2.78. The van der Waals surface area contributed by atoms with E-state index in [0.717, 1.165) is 13.0 Å². The minimum atomic E-state index is 0.567. The van der Waals surface area contributed by atoms with Gasteiger partial charge in [0.05, 0.1) is 5.92 Å². The van der Waals surface area contributed by atoms with Gasteiger partial charge in [0.15, 0.2) is 0 Å². The van der Waals surface area contributed by atoms with Gasteiger partial charge in [0.2, 0.25) is 5.04 Å². The maximum atomic E-state index is 5.75. The highest BCUT2D eigenvalue weighted by Crippen LogP contribution is 2.18. The summed E-state index contributed by atoms with van der Waals surface area (Å²) in [5.74, 6) is 0.642. The SMILES string of the molecule is CSC1=[NH+]CCC1Cc1ccc(Cl)nc1. The lowest BCUT2D eigenvalue weighted by Crippen LogP contribution is -2.68. The van der Waals surface area contributed by atoms with Gasteiger partial charge in [0.25, 0.3) is 0 Å². The van der Waals surface area contributed by atoms with Crippen molar-refractivity contribution in [2.75, 3.05) is 12.8 Å². The monoisotopic (exact) mass is 241 g/mol. The summed E-state index contributed by atoms with van der Waals surface area (Å²) in [5, 5.41) is 1.97. The maximum Gasteiger partial charge on any atom is 0.212 e. The molecule has 1 aromatic heterocycles. The minimum absolute atomic E-state index is 0.567. The van der Waals surface area contributed by atoms with Crippen molar-refractivity contribution in [1.82, 2.24) is 4.98 Å². The summed E-state index contributed by atoms with van der Waals surface area (Å²) in [4.78, 5) is 7.52. The summed E-state index contributed by atoms with van der Waals surface area (Å²) in [6, 6.07) is 3.92. The van der Waals surface area contributed by atoms with E-state index >= 15 is 0 Å². The number of rotatable bonds is 2. The Morgan fingerprint density at radius 2 is 2.47 bits per heavy atom. The Labute approximate surface area is 99.2 Å². The maximum absolute atomic E-state index is 5.75. The van der Waals surface area contributed by atoms with E-state index in [-0.39, 0.29) is 0 Å². The molecule has 0 aliphatic carbocycles. The Morgan fingerprint density at radius 3 is 3.13 bits per heavy atom. The van der Waals surface area contributed by atoms with Crippen LogP contribution in [0.4, 0.5) is 0 Å². The third-order valence-corrected chi connectivity index (χ3v) is 3.79. The molecular formula is C11H14ClN2S+. The van der Waals surface area contributed by atoms with Gasteiger partial charge in [0.1, 0.15) is 11.7 Å². The van der Waals surface area contributed by atoms with E-state index < -0.39 is 0 Å². The van der Waals surface area contributed by atoms with Gasteiger partial charge in [-0.15, -0.1) is 0 Å². The highest BCUT2D eigenvalue weighted by Gasteiger charge is 2.26. The summed E-state index contributed by atoms with van der Waals surface area (Å²) >= 11 is 7.57. The van der Waals surface area contributed by atoms with Gasteiger partial charge in [-0.1, -0.05) is 29.4 Å². The van der Waals surface area contributed by atoms with E-state index in [0.29, 0.717) is 11.1 Å². The van der Waals surface area contributed by atoms with Crippen molar-refractivity contribution in [2.45, 2.75) is 12.8 Å². The number of nitrogens with one attached hydrogen (secondary N) is 1. The van der Waals surface area contributed by atoms with E-state index in [1.807, 2.05) is 24.0 Å². The molecule has 1 N–H and O–H groups in total. The molecule has 2 nitrogen and oxygen atoms in total. The van der Waals surface area contributed by atoms with Crippen molar-refractivity contribution in [2.24, 2.45) is 5.92 Å². The summed E-state index contributed by atoms with van der Waals surface area (Å²) < 4.78 is 0. The van der Waals surface area contributed by atoms with Gasteiger partial charge in [-0.3, -0.25) is 0 Å². The number of aromatic nitrogens is 1. The molecular weight excluding hydrogens is 228 g/mol. The number of halogens is 1. The molecule has 1 aromatic rings. The third-order valence-electron chi connectivity index (χ3n) is 2.65. The molecule has 2 rings (SSSR count). The standard InChI is InChI=1S/C11H13ClN2S/c1-15-11-9(4-5-13-11)6-8-2-3-10(12)14-7-8/h2-3,7,9H,4-6H2,1H3/p+1. The van der Waals surface area contributed by atoms with E-state index in [9.17, 15) is 0 Å². The Bertz CT molecular complexity index is 361. The molecule has 4 heteroatoms. The number of hydrogen-bond acceptors (Lipinski definition) is 2. The molecule has 0 fully saturated rings. The number of pyridine rings is 1. The van der Waals surface area contributed by atoms with Gasteiger partial charge in [-0.2, -0.15) is 0 Å².